The molecule has 0 heterocycles. The van der Waals surface area contributed by atoms with Gasteiger partial charge in [0, 0.05) is 0 Å². The minimum atomic E-state index is -2.83. The van der Waals surface area contributed by atoms with Crippen LogP contribution < -0.4 is 0 Å². The Labute approximate surface area is 142 Å². The van der Waals surface area contributed by atoms with E-state index in [1.54, 1.807) is 13.1 Å². The highest BCUT2D eigenvalue weighted by Crippen LogP contribution is 2.23. The van der Waals surface area contributed by atoms with Crippen molar-refractivity contribution in [2.24, 2.45) is 0 Å². The largest absolute Gasteiger partial charge is 0.371 e. The highest BCUT2D eigenvalue weighted by molar-refractivity contribution is 6.71. The summed E-state index contributed by atoms with van der Waals surface area (Å²) in [6, 6.07) is 10.1. The summed E-state index contributed by atoms with van der Waals surface area (Å²) in [6.07, 6.45) is 10.6. The molecule has 1 rings (SSSR count). The summed E-state index contributed by atoms with van der Waals surface area (Å²) < 4.78 is 20.8. The Morgan fingerprint density at radius 3 is 2.48 bits per heavy atom. The Morgan fingerprint density at radius 1 is 1.22 bits per heavy atom. The number of hydrogen-bond acceptors (Lipinski definition) is 1. The van der Waals surface area contributed by atoms with Crippen LogP contribution in [0.4, 0.5) is 4.11 Å². The van der Waals surface area contributed by atoms with Crippen molar-refractivity contribution in [3.05, 3.63) is 54.6 Å². The monoisotopic (exact) mass is 334 g/mol. The van der Waals surface area contributed by atoms with Crippen molar-refractivity contribution in [1.29, 1.82) is 0 Å². The van der Waals surface area contributed by atoms with Gasteiger partial charge in [0.1, 0.15) is 0 Å². The third-order valence-electron chi connectivity index (χ3n) is 3.88. The fourth-order valence-electron chi connectivity index (χ4n) is 2.49. The van der Waals surface area contributed by atoms with Crippen LogP contribution in [0.2, 0.25) is 13.1 Å². The Hall–Kier alpha value is -1.19. The summed E-state index contributed by atoms with van der Waals surface area (Å²) in [7, 11) is -2.83. The Balaban J connectivity index is 2.73. The van der Waals surface area contributed by atoms with E-state index in [0.29, 0.717) is 6.42 Å². The van der Waals surface area contributed by atoms with Crippen LogP contribution >= 0.6 is 0 Å². The Morgan fingerprint density at radius 2 is 1.91 bits per heavy atom. The zero-order valence-corrected chi connectivity index (χ0v) is 15.8. The molecule has 1 aromatic rings. The fourth-order valence-corrected chi connectivity index (χ4v) is 3.88. The lowest BCUT2D eigenvalue weighted by atomic mass is 10.1. The van der Waals surface area contributed by atoms with Crippen molar-refractivity contribution < 1.29 is 8.84 Å². The molecular weight excluding hydrogens is 303 g/mol. The van der Waals surface area contributed by atoms with Crippen molar-refractivity contribution >= 4 is 14.5 Å². The predicted octanol–water partition coefficient (Wildman–Crippen LogP) is 6.32. The molecule has 0 aliphatic heterocycles. The minimum absolute atomic E-state index is 0.109. The zero-order chi connectivity index (χ0) is 17.1. The van der Waals surface area contributed by atoms with Gasteiger partial charge < -0.3 is 8.84 Å². The van der Waals surface area contributed by atoms with Crippen LogP contribution in [0.5, 0.6) is 0 Å². The molecule has 0 aromatic heterocycles. The van der Waals surface area contributed by atoms with Crippen LogP contribution in [-0.2, 0) is 4.74 Å². The predicted molar refractivity (Wildman–Crippen MR) is 102 cm³/mol. The molecule has 0 bridgehead atoms. The highest BCUT2D eigenvalue weighted by Gasteiger charge is 2.34. The zero-order valence-electron chi connectivity index (χ0n) is 14.8. The topological polar surface area (TPSA) is 9.23 Å². The van der Waals surface area contributed by atoms with E-state index in [9.17, 15) is 4.11 Å². The smallest absolute Gasteiger partial charge is 0.269 e. The van der Waals surface area contributed by atoms with Crippen LogP contribution in [0.25, 0.3) is 6.08 Å². The maximum atomic E-state index is 14.6. The Bertz CT molecular complexity index is 464. The normalized spacial score (nSPS) is 14.8. The van der Waals surface area contributed by atoms with Gasteiger partial charge >= 0.3 is 0 Å². The number of halogens is 1. The van der Waals surface area contributed by atoms with Crippen molar-refractivity contribution in [1.82, 2.24) is 0 Å². The first-order valence-electron chi connectivity index (χ1n) is 8.66. The molecule has 0 fully saturated rings. The molecule has 0 unspecified atom stereocenters. The van der Waals surface area contributed by atoms with E-state index >= 15 is 0 Å². The number of unbranched alkanes of at least 4 members (excludes halogenated alkanes) is 2. The molecule has 1 aromatic carbocycles. The molecule has 0 spiro atoms. The van der Waals surface area contributed by atoms with Crippen LogP contribution in [0.3, 0.4) is 0 Å². The van der Waals surface area contributed by atoms with Crippen molar-refractivity contribution in [2.75, 3.05) is 0 Å². The quantitative estimate of drug-likeness (QED) is 0.199. The van der Waals surface area contributed by atoms with Crippen molar-refractivity contribution in [2.45, 2.75) is 64.0 Å². The number of hydrogen-bond donors (Lipinski definition) is 0. The van der Waals surface area contributed by atoms with Crippen molar-refractivity contribution in [3.8, 4) is 0 Å². The molecule has 1 nitrogen and oxygen atoms in total. The summed E-state index contributed by atoms with van der Waals surface area (Å²) in [5.74, 6) is 0. The molecule has 0 radical (unpaired) electrons. The van der Waals surface area contributed by atoms with Gasteiger partial charge in [-0.1, -0.05) is 74.7 Å². The van der Waals surface area contributed by atoms with Gasteiger partial charge in [0.25, 0.3) is 8.41 Å². The first kappa shape index (κ1) is 19.9. The van der Waals surface area contributed by atoms with Gasteiger partial charge in [0.2, 0.25) is 0 Å². The lowest BCUT2D eigenvalue weighted by Crippen LogP contribution is -2.41. The first-order chi connectivity index (χ1) is 11.0. The summed E-state index contributed by atoms with van der Waals surface area (Å²) in [4.78, 5) is 0. The molecule has 0 saturated heterocycles. The maximum Gasteiger partial charge on any atom is 0.269 e. The molecule has 0 aliphatic rings. The van der Waals surface area contributed by atoms with Crippen LogP contribution in [-0.4, -0.2) is 20.2 Å². The second-order valence-corrected chi connectivity index (χ2v) is 10.3. The van der Waals surface area contributed by atoms with Crippen molar-refractivity contribution in [3.63, 3.8) is 0 Å². The minimum Gasteiger partial charge on any atom is -0.371 e. The average Bonchev–Trinajstić information content (AvgIpc) is 2.52. The second-order valence-electron chi connectivity index (χ2n) is 6.52. The lowest BCUT2D eigenvalue weighted by Gasteiger charge is -2.28. The van der Waals surface area contributed by atoms with E-state index in [0.717, 1.165) is 31.2 Å². The molecule has 0 aliphatic carbocycles. The molecule has 0 saturated carbocycles. The number of rotatable bonds is 11. The molecule has 0 N–H and O–H groups in total. The van der Waals surface area contributed by atoms with Gasteiger partial charge in [0.05, 0.1) is 11.8 Å². The van der Waals surface area contributed by atoms with Crippen LogP contribution in [0.15, 0.2) is 49.1 Å². The SMILES string of the molecule is C=CC[C@H](/C=C/c1ccccc1)O[C@H](CCCCC)[Si](C)(C)F. The third kappa shape index (κ3) is 8.28. The standard InChI is InChI=1S/C20H31FOSi/c1-5-7-9-15-20(23(3,4)21)22-19(12-6-2)17-16-18-13-10-8-11-14-18/h6,8,10-11,13-14,16-17,19-20H,2,5,7,9,12,15H2,1,3-4H3/b17-16+/t19-,20+/m1/s1. The third-order valence-corrected chi connectivity index (χ3v) is 5.83. The molecule has 23 heavy (non-hydrogen) atoms. The van der Waals surface area contributed by atoms with Crippen LogP contribution in [0, 0.1) is 0 Å². The number of ether oxygens (including phenoxy) is 1. The number of benzene rings is 1. The summed E-state index contributed by atoms with van der Waals surface area (Å²) >= 11 is 0. The van der Waals surface area contributed by atoms with Gasteiger partial charge in [-0.05, 0) is 31.5 Å². The van der Waals surface area contributed by atoms with Crippen LogP contribution in [0.1, 0.15) is 44.6 Å². The molecule has 3 heteroatoms. The van der Waals surface area contributed by atoms with Gasteiger partial charge in [-0.2, -0.15) is 0 Å². The fraction of sp³-hybridized carbons (Fsp3) is 0.500. The first-order valence-corrected chi connectivity index (χ1v) is 11.6. The van der Waals surface area contributed by atoms with E-state index in [4.69, 9.17) is 4.74 Å². The molecule has 0 amide bonds. The van der Waals surface area contributed by atoms with Gasteiger partial charge in [0.15, 0.2) is 0 Å². The summed E-state index contributed by atoms with van der Waals surface area (Å²) in [5, 5.41) is 0. The average molecular weight is 335 g/mol. The molecule has 2 atom stereocenters. The van der Waals surface area contributed by atoms with E-state index in [1.165, 1.54) is 0 Å². The van der Waals surface area contributed by atoms with E-state index in [2.05, 4.69) is 13.5 Å². The highest BCUT2D eigenvalue weighted by atomic mass is 28.4. The van der Waals surface area contributed by atoms with E-state index in [1.807, 2.05) is 48.6 Å². The van der Waals surface area contributed by atoms with Gasteiger partial charge in [-0.25, -0.2) is 0 Å². The summed E-state index contributed by atoms with van der Waals surface area (Å²) in [6.45, 7) is 9.46. The Kier molecular flexibility index (Phi) is 9.11. The lowest BCUT2D eigenvalue weighted by molar-refractivity contribution is 0.0458. The van der Waals surface area contributed by atoms with E-state index in [-0.39, 0.29) is 11.8 Å². The van der Waals surface area contributed by atoms with Gasteiger partial charge in [-0.15, -0.1) is 6.58 Å². The second kappa shape index (κ2) is 10.6. The van der Waals surface area contributed by atoms with E-state index < -0.39 is 8.41 Å². The molecule has 128 valence electrons. The van der Waals surface area contributed by atoms with Gasteiger partial charge in [-0.3, -0.25) is 0 Å². The molecular formula is C20H31FOSi. The summed E-state index contributed by atoms with van der Waals surface area (Å²) in [5.41, 5.74) is 0.879. The maximum absolute atomic E-state index is 14.6.